The van der Waals surface area contributed by atoms with Crippen molar-refractivity contribution in [1.29, 1.82) is 0 Å². The van der Waals surface area contributed by atoms with Gasteiger partial charge in [0.1, 0.15) is 5.82 Å². The van der Waals surface area contributed by atoms with Crippen molar-refractivity contribution in [2.45, 2.75) is 25.8 Å². The zero-order valence-electron chi connectivity index (χ0n) is 11.9. The maximum Gasteiger partial charge on any atom is 0.128 e. The summed E-state index contributed by atoms with van der Waals surface area (Å²) in [6.45, 7) is 2.97. The zero-order chi connectivity index (χ0) is 15.2. The molecule has 2 aromatic carbocycles. The van der Waals surface area contributed by atoms with Crippen molar-refractivity contribution in [1.82, 2.24) is 5.32 Å². The van der Waals surface area contributed by atoms with Crippen LogP contribution in [0, 0.1) is 5.82 Å². The van der Waals surface area contributed by atoms with Gasteiger partial charge in [0, 0.05) is 20.6 Å². The van der Waals surface area contributed by atoms with Crippen molar-refractivity contribution in [3.8, 4) is 0 Å². The highest BCUT2D eigenvalue weighted by Gasteiger charge is 2.17. The molecule has 21 heavy (non-hydrogen) atoms. The third-order valence-electron chi connectivity index (χ3n) is 3.36. The van der Waals surface area contributed by atoms with E-state index in [2.05, 4.69) is 50.2 Å². The lowest BCUT2D eigenvalue weighted by Crippen LogP contribution is -2.25. The fourth-order valence-corrected chi connectivity index (χ4v) is 3.10. The van der Waals surface area contributed by atoms with Gasteiger partial charge < -0.3 is 5.32 Å². The first-order valence-electron chi connectivity index (χ1n) is 7.03. The van der Waals surface area contributed by atoms with E-state index in [1.54, 1.807) is 6.07 Å². The van der Waals surface area contributed by atoms with Crippen LogP contribution in [0.2, 0.25) is 0 Å². The Kier molecular flexibility index (Phi) is 6.40. The minimum absolute atomic E-state index is 0.0406. The van der Waals surface area contributed by atoms with E-state index in [0.717, 1.165) is 28.3 Å². The standard InChI is InChI=1S/C17H18Br2FN/c1-2-9-21-17(10-12-5-3-4-6-15(12)19)14-11-13(18)7-8-16(14)20/h3-8,11,17,21H,2,9-10H2,1H3. The molecule has 0 fully saturated rings. The fourth-order valence-electron chi connectivity index (χ4n) is 2.28. The average Bonchev–Trinajstić information content (AvgIpc) is 2.48. The Balaban J connectivity index is 2.30. The van der Waals surface area contributed by atoms with Gasteiger partial charge in [0.15, 0.2) is 0 Å². The van der Waals surface area contributed by atoms with E-state index in [-0.39, 0.29) is 11.9 Å². The van der Waals surface area contributed by atoms with Gasteiger partial charge in [0.25, 0.3) is 0 Å². The molecular weight excluding hydrogens is 397 g/mol. The molecule has 1 N–H and O–H groups in total. The molecule has 0 bridgehead atoms. The van der Waals surface area contributed by atoms with Crippen LogP contribution in [-0.4, -0.2) is 6.54 Å². The number of hydrogen-bond acceptors (Lipinski definition) is 1. The van der Waals surface area contributed by atoms with Crippen LogP contribution in [0.3, 0.4) is 0 Å². The molecule has 0 spiro atoms. The van der Waals surface area contributed by atoms with Crippen LogP contribution < -0.4 is 5.32 Å². The van der Waals surface area contributed by atoms with Crippen molar-refractivity contribution in [3.05, 3.63) is 68.4 Å². The summed E-state index contributed by atoms with van der Waals surface area (Å²) >= 11 is 7.00. The van der Waals surface area contributed by atoms with E-state index < -0.39 is 0 Å². The Bertz CT molecular complexity index is 601. The Labute approximate surface area is 142 Å². The van der Waals surface area contributed by atoms with Gasteiger partial charge in [-0.05, 0) is 49.2 Å². The van der Waals surface area contributed by atoms with Crippen LogP contribution in [0.5, 0.6) is 0 Å². The molecular formula is C17H18Br2FN. The lowest BCUT2D eigenvalue weighted by Gasteiger charge is -2.21. The summed E-state index contributed by atoms with van der Waals surface area (Å²) in [6, 6.07) is 13.1. The van der Waals surface area contributed by atoms with Gasteiger partial charge in [-0.2, -0.15) is 0 Å². The molecule has 0 aliphatic rings. The van der Waals surface area contributed by atoms with Crippen molar-refractivity contribution in [2.75, 3.05) is 6.54 Å². The molecule has 0 radical (unpaired) electrons. The van der Waals surface area contributed by atoms with Crippen molar-refractivity contribution in [3.63, 3.8) is 0 Å². The molecule has 0 saturated heterocycles. The van der Waals surface area contributed by atoms with E-state index in [0.29, 0.717) is 5.56 Å². The minimum Gasteiger partial charge on any atom is -0.310 e. The lowest BCUT2D eigenvalue weighted by atomic mass is 9.98. The maximum absolute atomic E-state index is 14.2. The Morgan fingerprint density at radius 1 is 1.14 bits per heavy atom. The SMILES string of the molecule is CCCNC(Cc1ccccc1Br)c1cc(Br)ccc1F. The predicted molar refractivity (Wildman–Crippen MR) is 93.0 cm³/mol. The first-order valence-corrected chi connectivity index (χ1v) is 8.62. The third-order valence-corrected chi connectivity index (χ3v) is 4.62. The molecule has 0 aliphatic carbocycles. The monoisotopic (exact) mass is 413 g/mol. The summed E-state index contributed by atoms with van der Waals surface area (Å²) in [7, 11) is 0. The van der Waals surface area contributed by atoms with Gasteiger partial charge in [-0.3, -0.25) is 0 Å². The van der Waals surface area contributed by atoms with Crippen LogP contribution in [0.4, 0.5) is 4.39 Å². The summed E-state index contributed by atoms with van der Waals surface area (Å²) in [6.07, 6.45) is 1.76. The second-order valence-corrected chi connectivity index (χ2v) is 6.74. The number of benzene rings is 2. The summed E-state index contributed by atoms with van der Waals surface area (Å²) in [4.78, 5) is 0. The largest absolute Gasteiger partial charge is 0.310 e. The number of hydrogen-bond donors (Lipinski definition) is 1. The Hall–Kier alpha value is -0.710. The first-order chi connectivity index (χ1) is 10.1. The van der Waals surface area contributed by atoms with Crippen LogP contribution in [0.15, 0.2) is 51.4 Å². The van der Waals surface area contributed by atoms with Crippen LogP contribution in [-0.2, 0) is 6.42 Å². The van der Waals surface area contributed by atoms with Crippen molar-refractivity contribution in [2.24, 2.45) is 0 Å². The molecule has 1 nitrogen and oxygen atoms in total. The van der Waals surface area contributed by atoms with Gasteiger partial charge >= 0.3 is 0 Å². The Morgan fingerprint density at radius 2 is 1.90 bits per heavy atom. The van der Waals surface area contributed by atoms with E-state index in [4.69, 9.17) is 0 Å². The summed E-state index contributed by atoms with van der Waals surface area (Å²) in [5.74, 6) is -0.168. The van der Waals surface area contributed by atoms with Crippen LogP contribution in [0.25, 0.3) is 0 Å². The van der Waals surface area contributed by atoms with E-state index >= 15 is 0 Å². The number of nitrogens with one attached hydrogen (secondary N) is 1. The van der Waals surface area contributed by atoms with Crippen LogP contribution >= 0.6 is 31.9 Å². The van der Waals surface area contributed by atoms with Gasteiger partial charge in [-0.25, -0.2) is 4.39 Å². The molecule has 112 valence electrons. The van der Waals surface area contributed by atoms with Crippen molar-refractivity contribution >= 4 is 31.9 Å². The first kappa shape index (κ1) is 16.7. The van der Waals surface area contributed by atoms with Gasteiger partial charge in [0.05, 0.1) is 0 Å². The smallest absolute Gasteiger partial charge is 0.128 e. The van der Waals surface area contributed by atoms with Crippen molar-refractivity contribution < 1.29 is 4.39 Å². The molecule has 0 heterocycles. The molecule has 1 atom stereocenters. The molecule has 0 aliphatic heterocycles. The van der Waals surface area contributed by atoms with Gasteiger partial charge in [-0.1, -0.05) is 57.0 Å². The molecule has 1 unspecified atom stereocenters. The predicted octanol–water partition coefficient (Wildman–Crippen LogP) is 5.63. The second-order valence-electron chi connectivity index (χ2n) is 4.97. The highest BCUT2D eigenvalue weighted by molar-refractivity contribution is 9.10. The van der Waals surface area contributed by atoms with Gasteiger partial charge in [-0.15, -0.1) is 0 Å². The Morgan fingerprint density at radius 3 is 2.62 bits per heavy atom. The summed E-state index contributed by atoms with van der Waals surface area (Å²) in [5.41, 5.74) is 1.87. The van der Waals surface area contributed by atoms with Crippen LogP contribution in [0.1, 0.15) is 30.5 Å². The normalized spacial score (nSPS) is 12.4. The number of rotatable bonds is 6. The van der Waals surface area contributed by atoms with E-state index in [9.17, 15) is 4.39 Å². The molecule has 0 aromatic heterocycles. The lowest BCUT2D eigenvalue weighted by molar-refractivity contribution is 0.496. The summed E-state index contributed by atoms with van der Waals surface area (Å²) < 4.78 is 16.1. The molecule has 0 saturated carbocycles. The quantitative estimate of drug-likeness (QED) is 0.645. The molecule has 2 aromatic rings. The maximum atomic E-state index is 14.2. The number of halogens is 3. The topological polar surface area (TPSA) is 12.0 Å². The fraction of sp³-hybridized carbons (Fsp3) is 0.294. The zero-order valence-corrected chi connectivity index (χ0v) is 15.0. The van der Waals surface area contributed by atoms with E-state index in [1.165, 1.54) is 11.6 Å². The third kappa shape index (κ3) is 4.63. The minimum atomic E-state index is -0.168. The van der Waals surface area contributed by atoms with Gasteiger partial charge in [0.2, 0.25) is 0 Å². The molecule has 0 amide bonds. The molecule has 2 rings (SSSR count). The second kappa shape index (κ2) is 8.06. The summed E-state index contributed by atoms with van der Waals surface area (Å²) in [5, 5.41) is 3.45. The average molecular weight is 415 g/mol. The highest BCUT2D eigenvalue weighted by Crippen LogP contribution is 2.27. The highest BCUT2D eigenvalue weighted by atomic mass is 79.9. The van der Waals surface area contributed by atoms with E-state index in [1.807, 2.05) is 24.3 Å². The molecule has 4 heteroatoms.